The van der Waals surface area contributed by atoms with E-state index in [2.05, 4.69) is 13.8 Å². The van der Waals surface area contributed by atoms with Crippen LogP contribution in [0, 0.1) is 5.92 Å². The summed E-state index contributed by atoms with van der Waals surface area (Å²) in [5.41, 5.74) is -0.0536. The highest BCUT2D eigenvalue weighted by Gasteiger charge is 2.39. The number of aliphatic carboxylic acids is 1. The molecule has 0 aromatic heterocycles. The highest BCUT2D eigenvalue weighted by atomic mass is 16.4. The van der Waals surface area contributed by atoms with E-state index in [4.69, 9.17) is 5.11 Å². The molecule has 102 valence electrons. The molecule has 0 saturated carbocycles. The summed E-state index contributed by atoms with van der Waals surface area (Å²) in [7, 11) is 0. The van der Waals surface area contributed by atoms with Gasteiger partial charge in [0.05, 0.1) is 0 Å². The number of hydrogen-bond donors (Lipinski definition) is 1. The third-order valence-electron chi connectivity index (χ3n) is 4.15. The molecule has 0 aromatic rings. The Kier molecular flexibility index (Phi) is 3.50. The molecule has 2 fully saturated rings. The van der Waals surface area contributed by atoms with E-state index >= 15 is 0 Å². The Labute approximate surface area is 108 Å². The second kappa shape index (κ2) is 4.78. The highest BCUT2D eigenvalue weighted by molar-refractivity contribution is 5.76. The molecular formula is C13H22N2O3. The zero-order valence-corrected chi connectivity index (χ0v) is 11.2. The fraction of sp³-hybridized carbons (Fsp3) is 0.846. The quantitative estimate of drug-likeness (QED) is 0.817. The van der Waals surface area contributed by atoms with Crippen LogP contribution in [0.4, 0.5) is 4.79 Å². The van der Waals surface area contributed by atoms with Gasteiger partial charge in [0, 0.05) is 31.6 Å². The van der Waals surface area contributed by atoms with Gasteiger partial charge >= 0.3 is 12.0 Å². The van der Waals surface area contributed by atoms with Gasteiger partial charge in [0.1, 0.15) is 0 Å². The summed E-state index contributed by atoms with van der Waals surface area (Å²) in [6.45, 7) is 6.32. The Morgan fingerprint density at radius 1 is 1.33 bits per heavy atom. The van der Waals surface area contributed by atoms with Gasteiger partial charge < -0.3 is 14.9 Å². The van der Waals surface area contributed by atoms with E-state index in [0.29, 0.717) is 13.1 Å². The highest BCUT2D eigenvalue weighted by Crippen LogP contribution is 2.31. The Hall–Kier alpha value is -1.26. The molecule has 2 aliphatic rings. The number of nitrogens with zero attached hydrogens (tertiary/aromatic N) is 2. The van der Waals surface area contributed by atoms with E-state index in [1.165, 1.54) is 0 Å². The maximum Gasteiger partial charge on any atom is 0.320 e. The number of amides is 2. The predicted molar refractivity (Wildman–Crippen MR) is 67.3 cm³/mol. The van der Waals surface area contributed by atoms with E-state index in [0.717, 1.165) is 25.8 Å². The number of hydrogen-bond acceptors (Lipinski definition) is 2. The molecule has 18 heavy (non-hydrogen) atoms. The Bertz CT molecular complexity index is 354. The molecule has 0 aliphatic carbocycles. The SMILES string of the molecule is CC1(C)CCCN1C(=O)N1CCC(CC(=O)O)C1. The van der Waals surface area contributed by atoms with Crippen molar-refractivity contribution >= 4 is 12.0 Å². The van der Waals surface area contributed by atoms with Crippen LogP contribution in [0.15, 0.2) is 0 Å². The minimum Gasteiger partial charge on any atom is -0.481 e. The van der Waals surface area contributed by atoms with Crippen molar-refractivity contribution in [2.75, 3.05) is 19.6 Å². The molecule has 1 unspecified atom stereocenters. The summed E-state index contributed by atoms with van der Waals surface area (Å²) < 4.78 is 0. The van der Waals surface area contributed by atoms with Crippen molar-refractivity contribution in [2.24, 2.45) is 5.92 Å². The molecular weight excluding hydrogens is 232 g/mol. The second-order valence-electron chi connectivity index (χ2n) is 6.05. The lowest BCUT2D eigenvalue weighted by Gasteiger charge is -2.34. The van der Waals surface area contributed by atoms with E-state index in [-0.39, 0.29) is 23.9 Å². The molecule has 2 rings (SSSR count). The summed E-state index contributed by atoms with van der Waals surface area (Å²) in [5.74, 6) is -0.645. The first-order valence-electron chi connectivity index (χ1n) is 6.68. The van der Waals surface area contributed by atoms with Crippen molar-refractivity contribution in [1.29, 1.82) is 0 Å². The Morgan fingerprint density at radius 2 is 2.06 bits per heavy atom. The van der Waals surface area contributed by atoms with Gasteiger partial charge in [-0.15, -0.1) is 0 Å². The van der Waals surface area contributed by atoms with Crippen LogP contribution in [0.2, 0.25) is 0 Å². The molecule has 2 heterocycles. The topological polar surface area (TPSA) is 60.9 Å². The van der Waals surface area contributed by atoms with Crippen LogP contribution in [0.25, 0.3) is 0 Å². The van der Waals surface area contributed by atoms with E-state index < -0.39 is 5.97 Å². The normalized spacial score (nSPS) is 26.7. The number of carbonyl (C=O) groups excluding carboxylic acids is 1. The van der Waals surface area contributed by atoms with Crippen molar-refractivity contribution in [3.8, 4) is 0 Å². The number of likely N-dealkylation sites (tertiary alicyclic amines) is 2. The van der Waals surface area contributed by atoms with Crippen LogP contribution in [0.3, 0.4) is 0 Å². The van der Waals surface area contributed by atoms with E-state index in [9.17, 15) is 9.59 Å². The first kappa shape index (κ1) is 13.2. The molecule has 2 amide bonds. The number of carboxylic acid groups (broad SMARTS) is 1. The first-order valence-corrected chi connectivity index (χ1v) is 6.68. The van der Waals surface area contributed by atoms with Crippen molar-refractivity contribution < 1.29 is 14.7 Å². The van der Waals surface area contributed by atoms with Crippen molar-refractivity contribution in [1.82, 2.24) is 9.80 Å². The largest absolute Gasteiger partial charge is 0.481 e. The van der Waals surface area contributed by atoms with Crippen LogP contribution >= 0.6 is 0 Å². The van der Waals surface area contributed by atoms with Gasteiger partial charge in [-0.1, -0.05) is 0 Å². The van der Waals surface area contributed by atoms with Crippen LogP contribution in [0.1, 0.15) is 39.5 Å². The zero-order valence-electron chi connectivity index (χ0n) is 11.2. The maximum atomic E-state index is 12.4. The molecule has 0 bridgehead atoms. The average Bonchev–Trinajstić information content (AvgIpc) is 2.83. The molecule has 0 radical (unpaired) electrons. The van der Waals surface area contributed by atoms with Crippen molar-refractivity contribution in [2.45, 2.75) is 45.1 Å². The lowest BCUT2D eigenvalue weighted by Crippen LogP contribution is -2.49. The lowest BCUT2D eigenvalue weighted by atomic mass is 10.0. The molecule has 5 nitrogen and oxygen atoms in total. The molecule has 2 aliphatic heterocycles. The summed E-state index contributed by atoms with van der Waals surface area (Å²) in [5, 5.41) is 8.78. The van der Waals surface area contributed by atoms with Gasteiger partial charge in [0.15, 0.2) is 0 Å². The average molecular weight is 254 g/mol. The van der Waals surface area contributed by atoms with Gasteiger partial charge in [0.2, 0.25) is 0 Å². The number of carboxylic acids is 1. The molecule has 1 atom stereocenters. The minimum absolute atomic E-state index is 0.0536. The van der Waals surface area contributed by atoms with E-state index in [1.807, 2.05) is 9.80 Å². The van der Waals surface area contributed by atoms with Crippen molar-refractivity contribution in [3.05, 3.63) is 0 Å². The van der Waals surface area contributed by atoms with Crippen LogP contribution in [-0.4, -0.2) is 52.1 Å². The third-order valence-corrected chi connectivity index (χ3v) is 4.15. The van der Waals surface area contributed by atoms with Gasteiger partial charge in [-0.3, -0.25) is 4.79 Å². The van der Waals surface area contributed by atoms with Crippen LogP contribution < -0.4 is 0 Å². The number of rotatable bonds is 2. The Balaban J connectivity index is 1.93. The van der Waals surface area contributed by atoms with Crippen LogP contribution in [-0.2, 0) is 4.79 Å². The number of urea groups is 1. The molecule has 0 aromatic carbocycles. The Morgan fingerprint density at radius 3 is 2.61 bits per heavy atom. The monoisotopic (exact) mass is 254 g/mol. The van der Waals surface area contributed by atoms with Gasteiger partial charge in [0.25, 0.3) is 0 Å². The minimum atomic E-state index is -0.768. The fourth-order valence-corrected chi connectivity index (χ4v) is 3.05. The summed E-state index contributed by atoms with van der Waals surface area (Å²) in [6, 6.07) is 0.0883. The standard InChI is InChI=1S/C13H22N2O3/c1-13(2)5-3-6-15(13)12(18)14-7-4-10(9-14)8-11(16)17/h10H,3-9H2,1-2H3,(H,16,17). The second-order valence-corrected chi connectivity index (χ2v) is 6.05. The molecule has 2 saturated heterocycles. The fourth-order valence-electron chi connectivity index (χ4n) is 3.05. The maximum absolute atomic E-state index is 12.4. The van der Waals surface area contributed by atoms with Crippen LogP contribution in [0.5, 0.6) is 0 Å². The lowest BCUT2D eigenvalue weighted by molar-refractivity contribution is -0.138. The first-order chi connectivity index (χ1) is 8.40. The van der Waals surface area contributed by atoms with Gasteiger partial charge in [-0.05, 0) is 39.0 Å². The van der Waals surface area contributed by atoms with E-state index in [1.54, 1.807) is 0 Å². The molecule has 1 N–H and O–H groups in total. The smallest absolute Gasteiger partial charge is 0.320 e. The summed E-state index contributed by atoms with van der Waals surface area (Å²) >= 11 is 0. The van der Waals surface area contributed by atoms with Crippen molar-refractivity contribution in [3.63, 3.8) is 0 Å². The summed E-state index contributed by atoms with van der Waals surface area (Å²) in [4.78, 5) is 26.8. The predicted octanol–water partition coefficient (Wildman–Crippen LogP) is 1.78. The summed E-state index contributed by atoms with van der Waals surface area (Å²) in [6.07, 6.45) is 3.09. The zero-order chi connectivity index (χ0) is 13.3. The molecule has 0 spiro atoms. The third kappa shape index (κ3) is 2.60. The van der Waals surface area contributed by atoms with Gasteiger partial charge in [-0.2, -0.15) is 0 Å². The van der Waals surface area contributed by atoms with Gasteiger partial charge in [-0.25, -0.2) is 4.79 Å². The molecule has 5 heteroatoms. The number of carbonyl (C=O) groups is 2.